The van der Waals surface area contributed by atoms with E-state index in [0.29, 0.717) is 10.6 Å². The van der Waals surface area contributed by atoms with Gasteiger partial charge in [-0.15, -0.1) is 11.3 Å². The summed E-state index contributed by atoms with van der Waals surface area (Å²) in [5.74, 6) is 0.0290. The fraction of sp³-hybridized carbons (Fsp3) is 0.400. The summed E-state index contributed by atoms with van der Waals surface area (Å²) in [6.07, 6.45) is 1.67. The second-order valence-electron chi connectivity index (χ2n) is 6.39. The maximum Gasteiger partial charge on any atom is 0.280 e. The highest BCUT2D eigenvalue weighted by molar-refractivity contribution is 7.13. The number of rotatable bonds is 2. The van der Waals surface area contributed by atoms with Crippen molar-refractivity contribution in [3.63, 3.8) is 0 Å². The lowest BCUT2D eigenvalue weighted by Crippen LogP contribution is -2.50. The van der Waals surface area contributed by atoms with E-state index in [-0.39, 0.29) is 28.1 Å². The Morgan fingerprint density at radius 3 is 2.83 bits per heavy atom. The zero-order chi connectivity index (χ0) is 16.4. The van der Waals surface area contributed by atoms with Crippen LogP contribution in [-0.2, 0) is 0 Å². The van der Waals surface area contributed by atoms with E-state index >= 15 is 0 Å². The maximum absolute atomic E-state index is 11.5. The minimum absolute atomic E-state index is 0.0290. The zero-order valence-electron chi connectivity index (χ0n) is 12.9. The van der Waals surface area contributed by atoms with Crippen LogP contribution in [0.15, 0.2) is 34.0 Å². The molecule has 23 heavy (non-hydrogen) atoms. The molecule has 118 valence electrons. The molecule has 0 fully saturated rings. The molecule has 2 aliphatic heterocycles. The number of anilines is 1. The first-order valence-corrected chi connectivity index (χ1v) is 8.23. The summed E-state index contributed by atoms with van der Waals surface area (Å²) in [6, 6.07) is 3.30. The lowest BCUT2D eigenvalue weighted by atomic mass is 9.75. The fourth-order valence-electron chi connectivity index (χ4n) is 3.68. The maximum atomic E-state index is 11.5. The van der Waals surface area contributed by atoms with Crippen LogP contribution in [0.1, 0.15) is 32.3 Å². The molecule has 0 spiro atoms. The molecule has 0 amide bonds. The van der Waals surface area contributed by atoms with Gasteiger partial charge in [0.2, 0.25) is 0 Å². The van der Waals surface area contributed by atoms with E-state index in [1.807, 2.05) is 10.4 Å². The highest BCUT2D eigenvalue weighted by atomic mass is 32.1. The Balaban J connectivity index is 2.05. The third kappa shape index (κ3) is 1.78. The summed E-state index contributed by atoms with van der Waals surface area (Å²) < 4.78 is 0. The summed E-state index contributed by atoms with van der Waals surface area (Å²) in [5.41, 5.74) is 2.26. The number of aromatic nitrogens is 1. The van der Waals surface area contributed by atoms with Crippen LogP contribution in [0.5, 0.6) is 0 Å². The quantitative estimate of drug-likeness (QED) is 0.611. The van der Waals surface area contributed by atoms with Crippen molar-refractivity contribution in [2.45, 2.75) is 38.3 Å². The third-order valence-corrected chi connectivity index (χ3v) is 5.53. The van der Waals surface area contributed by atoms with Crippen LogP contribution in [0.2, 0.25) is 0 Å². The van der Waals surface area contributed by atoms with Gasteiger partial charge in [0.15, 0.2) is 0 Å². The summed E-state index contributed by atoms with van der Waals surface area (Å²) in [5, 5.41) is 24.6. The van der Waals surface area contributed by atoms with Gasteiger partial charge in [0.1, 0.15) is 11.0 Å². The molecule has 0 saturated heterocycles. The molecule has 2 bridgehead atoms. The number of nitro groups is 1. The monoisotopic (exact) mass is 329 g/mol. The molecule has 1 aromatic carbocycles. The molecule has 0 saturated carbocycles. The standard InChI is InChI=1S/C15H15N5O2S/c1-8-11-9(19-15(2,3)13(8)17-18-19)4-5-10(20(21)22)12(11)14-16-6-7-23-14/h4-8,13H,1-3H3. The van der Waals surface area contributed by atoms with E-state index in [4.69, 9.17) is 0 Å². The molecular formula is C15H15N5O2S. The number of hydrogen-bond donors (Lipinski definition) is 0. The van der Waals surface area contributed by atoms with E-state index in [1.54, 1.807) is 18.3 Å². The van der Waals surface area contributed by atoms with E-state index in [0.717, 1.165) is 11.3 Å². The minimum Gasteiger partial charge on any atom is -0.258 e. The van der Waals surface area contributed by atoms with Crippen molar-refractivity contribution in [1.82, 2.24) is 4.98 Å². The second-order valence-corrected chi connectivity index (χ2v) is 7.29. The van der Waals surface area contributed by atoms with Crippen LogP contribution < -0.4 is 5.01 Å². The molecular weight excluding hydrogens is 314 g/mol. The van der Waals surface area contributed by atoms with Gasteiger partial charge in [-0.1, -0.05) is 12.1 Å². The van der Waals surface area contributed by atoms with Crippen molar-refractivity contribution in [2.75, 3.05) is 5.01 Å². The first-order valence-electron chi connectivity index (χ1n) is 7.35. The second kappa shape index (κ2) is 4.58. The molecule has 0 aliphatic carbocycles. The molecule has 2 aliphatic rings. The number of hydrogen-bond acceptors (Lipinski definition) is 7. The van der Waals surface area contributed by atoms with Gasteiger partial charge in [0, 0.05) is 23.6 Å². The van der Waals surface area contributed by atoms with Gasteiger partial charge < -0.3 is 0 Å². The molecule has 2 atom stereocenters. The van der Waals surface area contributed by atoms with Gasteiger partial charge in [-0.2, -0.15) is 5.11 Å². The smallest absolute Gasteiger partial charge is 0.258 e. The molecule has 0 radical (unpaired) electrons. The first-order chi connectivity index (χ1) is 10.9. The average molecular weight is 329 g/mol. The van der Waals surface area contributed by atoms with Gasteiger partial charge in [-0.3, -0.25) is 10.1 Å². The van der Waals surface area contributed by atoms with Crippen molar-refractivity contribution >= 4 is 22.7 Å². The number of thiazole rings is 1. The van der Waals surface area contributed by atoms with Crippen molar-refractivity contribution in [3.05, 3.63) is 39.4 Å². The topological polar surface area (TPSA) is 84.0 Å². The highest BCUT2D eigenvalue weighted by Gasteiger charge is 2.51. The number of nitrogens with zero attached hydrogens (tertiary/aromatic N) is 5. The van der Waals surface area contributed by atoms with Crippen LogP contribution in [0, 0.1) is 10.1 Å². The summed E-state index contributed by atoms with van der Waals surface area (Å²) in [7, 11) is 0. The van der Waals surface area contributed by atoms with E-state index < -0.39 is 0 Å². The Morgan fingerprint density at radius 2 is 2.17 bits per heavy atom. The Labute approximate surface area is 136 Å². The van der Waals surface area contributed by atoms with Gasteiger partial charge >= 0.3 is 0 Å². The number of benzene rings is 1. The van der Waals surface area contributed by atoms with Crippen LogP contribution in [0.3, 0.4) is 0 Å². The van der Waals surface area contributed by atoms with E-state index in [2.05, 4.69) is 36.1 Å². The molecule has 4 rings (SSSR count). The van der Waals surface area contributed by atoms with Crippen molar-refractivity contribution < 1.29 is 4.92 Å². The van der Waals surface area contributed by atoms with Crippen LogP contribution in [0.25, 0.3) is 10.6 Å². The van der Waals surface area contributed by atoms with E-state index in [1.165, 1.54) is 11.3 Å². The van der Waals surface area contributed by atoms with Gasteiger partial charge in [-0.25, -0.2) is 9.99 Å². The SMILES string of the molecule is CC1c2c(ccc([N+](=O)[O-])c2-c2nccs2)N2N=NC1C2(C)C. The third-order valence-electron chi connectivity index (χ3n) is 4.74. The lowest BCUT2D eigenvalue weighted by molar-refractivity contribution is -0.384. The Bertz CT molecular complexity index is 831. The minimum atomic E-state index is -0.338. The van der Waals surface area contributed by atoms with Gasteiger partial charge in [0.25, 0.3) is 5.69 Å². The molecule has 8 heteroatoms. The van der Waals surface area contributed by atoms with Crippen LogP contribution >= 0.6 is 11.3 Å². The van der Waals surface area contributed by atoms with Crippen molar-refractivity contribution in [1.29, 1.82) is 0 Å². The number of nitro benzene ring substituents is 1. The summed E-state index contributed by atoms with van der Waals surface area (Å²) in [6.45, 7) is 6.26. The summed E-state index contributed by atoms with van der Waals surface area (Å²) in [4.78, 5) is 15.5. The average Bonchev–Trinajstić information content (AvgIpc) is 3.08. The normalized spacial score (nSPS) is 23.9. The molecule has 3 heterocycles. The molecule has 1 aromatic heterocycles. The lowest BCUT2D eigenvalue weighted by Gasteiger charge is -2.42. The number of fused-ring (bicyclic) bond motifs is 4. The predicted octanol–water partition coefficient (Wildman–Crippen LogP) is 4.17. The largest absolute Gasteiger partial charge is 0.280 e. The molecule has 2 aromatic rings. The summed E-state index contributed by atoms with van der Waals surface area (Å²) >= 11 is 1.41. The van der Waals surface area contributed by atoms with Crippen molar-refractivity contribution in [2.24, 2.45) is 10.3 Å². The predicted molar refractivity (Wildman–Crippen MR) is 87.8 cm³/mol. The fourth-order valence-corrected chi connectivity index (χ4v) is 4.39. The molecule has 0 N–H and O–H groups in total. The molecule has 2 unspecified atom stereocenters. The Morgan fingerprint density at radius 1 is 1.39 bits per heavy atom. The Kier molecular flexibility index (Phi) is 2.84. The highest BCUT2D eigenvalue weighted by Crippen LogP contribution is 2.53. The van der Waals surface area contributed by atoms with Gasteiger partial charge in [0.05, 0.1) is 21.7 Å². The van der Waals surface area contributed by atoms with Crippen molar-refractivity contribution in [3.8, 4) is 10.6 Å². The Hall–Kier alpha value is -2.35. The first kappa shape index (κ1) is 14.3. The zero-order valence-corrected chi connectivity index (χ0v) is 13.7. The van der Waals surface area contributed by atoms with Crippen LogP contribution in [-0.4, -0.2) is 21.5 Å². The molecule has 7 nitrogen and oxygen atoms in total. The van der Waals surface area contributed by atoms with Crippen LogP contribution in [0.4, 0.5) is 11.4 Å². The van der Waals surface area contributed by atoms with Gasteiger partial charge in [-0.05, 0) is 25.5 Å². The van der Waals surface area contributed by atoms with E-state index in [9.17, 15) is 10.1 Å².